The molecule has 0 spiro atoms. The van der Waals surface area contributed by atoms with Crippen LogP contribution in [0.3, 0.4) is 0 Å². The minimum Gasteiger partial charge on any atom is -0.480 e. The van der Waals surface area contributed by atoms with Gasteiger partial charge in [-0.1, -0.05) is 0 Å². The number of aliphatic carboxylic acids is 1. The summed E-state index contributed by atoms with van der Waals surface area (Å²) in [7, 11) is 0. The number of aliphatic hydroxyl groups is 1. The molecule has 3 fully saturated rings. The van der Waals surface area contributed by atoms with Crippen LogP contribution in [-0.4, -0.2) is 245 Å². The van der Waals surface area contributed by atoms with Gasteiger partial charge in [0.15, 0.2) is 49.2 Å². The number of nitrogens with two attached hydrogens (primary N) is 1. The Morgan fingerprint density at radius 1 is 0.564 bits per heavy atom. The number of hydrogen-bond donors (Lipinski definition) is 10. The highest BCUT2D eigenvalue weighted by molar-refractivity contribution is 5.97. The summed E-state index contributed by atoms with van der Waals surface area (Å²) in [6, 6.07) is -10.8. The molecule has 0 aliphatic carbocycles. The molecule has 6 amide bonds. The van der Waals surface area contributed by atoms with Crippen LogP contribution < -0.4 is 37.6 Å². The zero-order valence-corrected chi connectivity index (χ0v) is 53.2. The fourth-order valence-electron chi connectivity index (χ4n) is 9.93. The highest BCUT2D eigenvalue weighted by atomic mass is 16.8. The number of nitrogens with zero attached hydrogens (tertiary/aromatic N) is 1. The molecule has 3 aliphatic heterocycles. The molecule has 0 unspecified atom stereocenters. The number of aliphatic hydroxyl groups excluding tert-OH is 1. The number of aromatic amines is 1. The highest BCUT2D eigenvalue weighted by Crippen LogP contribution is 2.33. The number of ether oxygens (including phenoxy) is 12. The van der Waals surface area contributed by atoms with Crippen molar-refractivity contribution in [2.75, 3.05) is 19.8 Å². The zero-order chi connectivity index (χ0) is 70.4. The first-order valence-electron chi connectivity index (χ1n) is 29.4. The lowest BCUT2D eigenvalue weighted by atomic mass is 9.97. The first-order chi connectivity index (χ1) is 44.1. The Labute approximate surface area is 536 Å². The fourth-order valence-corrected chi connectivity index (χ4v) is 9.93. The number of carbonyl (C=O) groups is 15. The zero-order valence-electron chi connectivity index (χ0n) is 53.2. The summed E-state index contributed by atoms with van der Waals surface area (Å²) in [5.41, 5.74) is 5.40. The van der Waals surface area contributed by atoms with Crippen molar-refractivity contribution in [2.24, 2.45) is 5.73 Å². The number of carboxylic acids is 1. The lowest BCUT2D eigenvalue weighted by Crippen LogP contribution is -2.66. The van der Waals surface area contributed by atoms with Crippen molar-refractivity contribution in [3.05, 3.63) is 18.2 Å². The molecule has 19 atom stereocenters. The third-order valence-corrected chi connectivity index (χ3v) is 14.0. The highest BCUT2D eigenvalue weighted by Gasteiger charge is 2.56. The van der Waals surface area contributed by atoms with Crippen LogP contribution in [0, 0.1) is 0 Å². The van der Waals surface area contributed by atoms with E-state index >= 15 is 0 Å². The summed E-state index contributed by atoms with van der Waals surface area (Å²) < 4.78 is 67.5. The summed E-state index contributed by atoms with van der Waals surface area (Å²) in [5, 5.41) is 36.2. The van der Waals surface area contributed by atoms with Crippen LogP contribution in [0.5, 0.6) is 0 Å². The number of primary amides is 1. The summed E-state index contributed by atoms with van der Waals surface area (Å²) in [4.78, 5) is 203. The lowest BCUT2D eigenvalue weighted by Gasteiger charge is -2.45. The van der Waals surface area contributed by atoms with E-state index in [1.54, 1.807) is 0 Å². The molecule has 0 saturated carbocycles. The van der Waals surface area contributed by atoms with E-state index in [9.17, 15) is 82.1 Å². The number of esters is 8. The molecule has 0 radical (unpaired) electrons. The number of amides is 6. The van der Waals surface area contributed by atoms with Gasteiger partial charge in [0.2, 0.25) is 35.4 Å². The van der Waals surface area contributed by atoms with Gasteiger partial charge < -0.3 is 110 Å². The molecular formula is C56H81N9O29. The van der Waals surface area contributed by atoms with Crippen molar-refractivity contribution < 1.29 is 139 Å². The molecule has 4 rings (SSSR count). The minimum atomic E-state index is -2.15. The second kappa shape index (κ2) is 36.5. The van der Waals surface area contributed by atoms with E-state index in [1.165, 1.54) is 19.4 Å². The number of hydrogen-bond acceptors (Lipinski definition) is 30. The summed E-state index contributed by atoms with van der Waals surface area (Å²) in [5.74, 6) is -16.4. The smallest absolute Gasteiger partial charge is 0.326 e. The number of aromatic nitrogens is 2. The molecule has 11 N–H and O–H groups in total. The molecule has 4 heterocycles. The Bertz CT molecular complexity index is 2890. The van der Waals surface area contributed by atoms with Crippen molar-refractivity contribution in [3.63, 3.8) is 0 Å². The Kier molecular flexibility index (Phi) is 30.1. The van der Waals surface area contributed by atoms with Gasteiger partial charge in [0.25, 0.3) is 0 Å². The van der Waals surface area contributed by atoms with Gasteiger partial charge in [-0.2, -0.15) is 0 Å². The van der Waals surface area contributed by atoms with Crippen LogP contribution >= 0.6 is 0 Å². The van der Waals surface area contributed by atoms with Crippen LogP contribution in [0.1, 0.15) is 108 Å². The predicted molar refractivity (Wildman–Crippen MR) is 306 cm³/mol. The Hall–Kier alpha value is -8.98. The Morgan fingerprint density at radius 2 is 0.979 bits per heavy atom. The number of rotatable bonds is 33. The second-order valence-electron chi connectivity index (χ2n) is 21.9. The lowest BCUT2D eigenvalue weighted by molar-refractivity contribution is -0.316. The van der Waals surface area contributed by atoms with Gasteiger partial charge in [-0.15, -0.1) is 0 Å². The molecule has 524 valence electrons. The van der Waals surface area contributed by atoms with E-state index < -0.39 is 238 Å². The number of imidazole rings is 1. The average molecular weight is 1340 g/mol. The monoisotopic (exact) mass is 1340 g/mol. The van der Waals surface area contributed by atoms with Crippen molar-refractivity contribution in [3.8, 4) is 0 Å². The minimum absolute atomic E-state index is 0.120. The maximum absolute atomic E-state index is 14.9. The average Bonchev–Trinajstić information content (AvgIpc) is 0.867. The number of carbonyl (C=O) groups excluding carboxylic acids is 14. The molecule has 94 heavy (non-hydrogen) atoms. The van der Waals surface area contributed by atoms with Gasteiger partial charge in [-0.05, 0) is 46.6 Å². The van der Waals surface area contributed by atoms with E-state index in [1.807, 2.05) is 0 Å². The number of carboxylic acid groups (broad SMARTS) is 1. The fraction of sp³-hybridized carbons (Fsp3) is 0.679. The van der Waals surface area contributed by atoms with E-state index in [0.29, 0.717) is 13.0 Å². The van der Waals surface area contributed by atoms with Gasteiger partial charge in [0.05, 0.1) is 30.7 Å². The molecular weight excluding hydrogens is 1260 g/mol. The number of H-pyrrole nitrogens is 1. The predicted octanol–water partition coefficient (Wildman–Crippen LogP) is -5.16. The summed E-state index contributed by atoms with van der Waals surface area (Å²) >= 11 is 0. The molecule has 3 saturated heterocycles. The van der Waals surface area contributed by atoms with Gasteiger partial charge in [-0.25, -0.2) is 9.78 Å². The Morgan fingerprint density at radius 3 is 1.37 bits per heavy atom. The third-order valence-electron chi connectivity index (χ3n) is 14.0. The third kappa shape index (κ3) is 24.2. The van der Waals surface area contributed by atoms with Crippen LogP contribution in [0.15, 0.2) is 12.5 Å². The van der Waals surface area contributed by atoms with E-state index in [0.717, 1.165) is 69.2 Å². The van der Waals surface area contributed by atoms with E-state index in [2.05, 4.69) is 41.9 Å². The van der Waals surface area contributed by atoms with Gasteiger partial charge in [0.1, 0.15) is 55.6 Å². The molecule has 38 heteroatoms. The quantitative estimate of drug-likeness (QED) is 0.0232. The van der Waals surface area contributed by atoms with Crippen molar-refractivity contribution in [1.82, 2.24) is 41.9 Å². The van der Waals surface area contributed by atoms with Crippen molar-refractivity contribution in [1.29, 1.82) is 0 Å². The van der Waals surface area contributed by atoms with Crippen LogP contribution in [0.25, 0.3) is 0 Å². The SMILES string of the molecule is CC(=O)OC[C@H]1O[C@@H](O[C@H](C)[C@H](NC(=O)[C@H](Cc2cnc[nH]2)NC(=O)[C@@H](NC(=O)[C@@H](NC(=O)[C@@H]2CCCN2)[C@@H](C)O[C@@H]2O[C@H](COC(C)=O)[C@H](OC(C)=O)[C@H](OC(C)=O)[C@H]2OC(C)=O)[C@@H](C)O)C(=O)N[C@@H](CCC(N)=O)C(=O)O)[C@H](OC(C)=O)[C@@H](OC(C)=O)[C@H]1OC(C)=O. The largest absolute Gasteiger partial charge is 0.480 e. The van der Waals surface area contributed by atoms with Gasteiger partial charge >= 0.3 is 53.7 Å². The maximum Gasteiger partial charge on any atom is 0.326 e. The topological polar surface area (TPSA) is 534 Å². The first-order valence-corrected chi connectivity index (χ1v) is 29.4. The van der Waals surface area contributed by atoms with E-state index in [-0.39, 0.29) is 12.1 Å². The standard InChI is InChI=1S/C56H81N9O29/c1-22(66)40(63-53(80)42(64-49(76)34-13-12-16-59-34)24(3)86-56-48(92-32(11)74)46(90-30(9)72)44(88-28(7)70)38(94-56)20-84-26(5)68)51(78)62-36(17-33-18-58-21-60-33)50(77)65-41(52(79)61-35(54(81)82)14-15-39(57)75)23(2)85-55-47(91-31(10)73)45(89-29(8)71)43(87-27(6)69)37(93-55)19-83-25(4)67/h18,21-24,34-38,40-48,55-56,59,66H,12-17,19-20H2,1-11H3,(H2,57,75)(H,58,60)(H,61,79)(H,62,78)(H,63,80)(H,64,76)(H,65,77)(H,81,82)/t22-,23-,24-,34+,35+,36+,37-,38-,40+,41+,42+,43+,44+,45+,46+,47-,48-,55-,56-/m1/s1. The molecule has 1 aromatic heterocycles. The molecule has 0 bridgehead atoms. The maximum atomic E-state index is 14.9. The summed E-state index contributed by atoms with van der Waals surface area (Å²) in [6.07, 6.45) is -21.5. The second-order valence-corrected chi connectivity index (χ2v) is 21.9. The van der Waals surface area contributed by atoms with Gasteiger partial charge in [0, 0.05) is 80.1 Å². The normalized spacial score (nSPS) is 24.9. The van der Waals surface area contributed by atoms with Crippen molar-refractivity contribution >= 4 is 89.2 Å². The summed E-state index contributed by atoms with van der Waals surface area (Å²) in [6.45, 7) is 10.2. The number of nitrogens with one attached hydrogen (secondary N) is 7. The first kappa shape index (κ1) is 77.5. The Balaban J connectivity index is 1.79. The molecule has 3 aliphatic rings. The molecule has 38 nitrogen and oxygen atoms in total. The van der Waals surface area contributed by atoms with Crippen LogP contribution in [0.2, 0.25) is 0 Å². The van der Waals surface area contributed by atoms with Crippen molar-refractivity contribution in [2.45, 2.75) is 224 Å². The molecule has 0 aromatic carbocycles. The van der Waals surface area contributed by atoms with E-state index in [4.69, 9.17) is 62.6 Å². The molecule has 1 aromatic rings. The van der Waals surface area contributed by atoms with Crippen LogP contribution in [0.4, 0.5) is 0 Å². The van der Waals surface area contributed by atoms with Crippen LogP contribution in [-0.2, 0) is 135 Å². The van der Waals surface area contributed by atoms with Gasteiger partial charge in [-0.3, -0.25) is 67.1 Å².